The molecule has 5 nitrogen and oxygen atoms in total. The van der Waals surface area contributed by atoms with Gasteiger partial charge in [-0.2, -0.15) is 0 Å². The van der Waals surface area contributed by atoms with Gasteiger partial charge in [0.15, 0.2) is 5.96 Å². The fourth-order valence-corrected chi connectivity index (χ4v) is 2.26. The van der Waals surface area contributed by atoms with E-state index in [1.165, 1.54) is 0 Å². The average Bonchev–Trinajstić information content (AvgIpc) is 2.52. The number of anilines is 1. The maximum atomic E-state index is 4.53. The zero-order valence-corrected chi connectivity index (χ0v) is 12.1. The van der Waals surface area contributed by atoms with Gasteiger partial charge in [-0.15, -0.1) is 6.58 Å². The van der Waals surface area contributed by atoms with Gasteiger partial charge in [0.25, 0.3) is 0 Å². The lowest BCUT2D eigenvalue weighted by Gasteiger charge is -2.37. The molecule has 20 heavy (non-hydrogen) atoms. The van der Waals surface area contributed by atoms with Gasteiger partial charge in [0, 0.05) is 38.9 Å². The first kappa shape index (κ1) is 14.4. The Balaban J connectivity index is 1.94. The van der Waals surface area contributed by atoms with Gasteiger partial charge in [-0.3, -0.25) is 0 Å². The third kappa shape index (κ3) is 3.73. The summed E-state index contributed by atoms with van der Waals surface area (Å²) in [6.07, 6.45) is 3.67. The zero-order valence-electron chi connectivity index (χ0n) is 12.1. The van der Waals surface area contributed by atoms with Crippen LogP contribution < -0.4 is 10.2 Å². The van der Waals surface area contributed by atoms with Crippen molar-refractivity contribution in [1.29, 1.82) is 0 Å². The van der Waals surface area contributed by atoms with Crippen molar-refractivity contribution in [3.8, 4) is 0 Å². The van der Waals surface area contributed by atoms with Crippen LogP contribution >= 0.6 is 0 Å². The van der Waals surface area contributed by atoms with Crippen molar-refractivity contribution in [2.75, 3.05) is 44.2 Å². The molecular formula is C15H23N5. The molecule has 2 heterocycles. The predicted molar refractivity (Wildman–Crippen MR) is 84.2 cm³/mol. The van der Waals surface area contributed by atoms with Crippen molar-refractivity contribution in [2.24, 2.45) is 4.99 Å². The van der Waals surface area contributed by atoms with E-state index in [9.17, 15) is 0 Å². The van der Waals surface area contributed by atoms with Gasteiger partial charge in [0.05, 0.1) is 6.54 Å². The van der Waals surface area contributed by atoms with Gasteiger partial charge in [0.1, 0.15) is 5.82 Å². The topological polar surface area (TPSA) is 43.8 Å². The van der Waals surface area contributed by atoms with Gasteiger partial charge >= 0.3 is 0 Å². The molecule has 1 aromatic rings. The van der Waals surface area contributed by atoms with Crippen LogP contribution in [0.1, 0.15) is 6.92 Å². The molecule has 1 fully saturated rings. The van der Waals surface area contributed by atoms with E-state index in [-0.39, 0.29) is 0 Å². The molecule has 0 bridgehead atoms. The predicted octanol–water partition coefficient (Wildman–Crippen LogP) is 1.36. The van der Waals surface area contributed by atoms with Crippen LogP contribution in [0.15, 0.2) is 42.0 Å². The summed E-state index contributed by atoms with van der Waals surface area (Å²) in [6, 6.07) is 6.04. The van der Waals surface area contributed by atoms with Gasteiger partial charge in [-0.25, -0.2) is 9.98 Å². The Labute approximate surface area is 121 Å². The highest BCUT2D eigenvalue weighted by molar-refractivity contribution is 5.80. The third-order valence-corrected chi connectivity index (χ3v) is 3.26. The molecule has 1 aliphatic heterocycles. The van der Waals surface area contributed by atoms with Crippen LogP contribution in [0.25, 0.3) is 0 Å². The summed E-state index contributed by atoms with van der Waals surface area (Å²) < 4.78 is 0. The first-order chi connectivity index (χ1) is 9.85. The highest BCUT2D eigenvalue weighted by atomic mass is 15.4. The SMILES string of the molecule is C=CCN=C(NCC)N1CCN(c2ccccn2)CC1. The lowest BCUT2D eigenvalue weighted by atomic mass is 10.3. The molecule has 5 heteroatoms. The van der Waals surface area contributed by atoms with Crippen LogP contribution in [0.4, 0.5) is 5.82 Å². The summed E-state index contributed by atoms with van der Waals surface area (Å²) in [5.41, 5.74) is 0. The van der Waals surface area contributed by atoms with E-state index >= 15 is 0 Å². The standard InChI is InChI=1S/C15H23N5/c1-3-8-18-15(16-4-2)20-12-10-19(11-13-20)14-7-5-6-9-17-14/h3,5-7,9H,1,4,8,10-13H2,2H3,(H,16,18). The molecule has 0 atom stereocenters. The number of nitrogens with zero attached hydrogens (tertiary/aromatic N) is 4. The van der Waals surface area contributed by atoms with Crippen molar-refractivity contribution in [3.05, 3.63) is 37.1 Å². The molecule has 1 N–H and O–H groups in total. The Morgan fingerprint density at radius 2 is 2.20 bits per heavy atom. The average molecular weight is 273 g/mol. The molecule has 0 saturated carbocycles. The first-order valence-corrected chi connectivity index (χ1v) is 7.15. The fraction of sp³-hybridized carbons (Fsp3) is 0.467. The van der Waals surface area contributed by atoms with E-state index in [1.54, 1.807) is 0 Å². The van der Waals surface area contributed by atoms with Crippen LogP contribution in [0.3, 0.4) is 0 Å². The van der Waals surface area contributed by atoms with Crippen LogP contribution in [0.2, 0.25) is 0 Å². The summed E-state index contributed by atoms with van der Waals surface area (Å²) in [6.45, 7) is 11.2. The maximum absolute atomic E-state index is 4.53. The number of nitrogens with one attached hydrogen (secondary N) is 1. The minimum Gasteiger partial charge on any atom is -0.357 e. The summed E-state index contributed by atoms with van der Waals surface area (Å²) in [7, 11) is 0. The van der Waals surface area contributed by atoms with E-state index in [1.807, 2.05) is 24.4 Å². The van der Waals surface area contributed by atoms with E-state index < -0.39 is 0 Å². The largest absolute Gasteiger partial charge is 0.357 e. The fourth-order valence-electron chi connectivity index (χ4n) is 2.26. The summed E-state index contributed by atoms with van der Waals surface area (Å²) in [4.78, 5) is 13.6. The van der Waals surface area contributed by atoms with Crippen molar-refractivity contribution >= 4 is 11.8 Å². The Hall–Kier alpha value is -2.04. The second-order valence-corrected chi connectivity index (χ2v) is 4.65. The van der Waals surface area contributed by atoms with E-state index in [0.29, 0.717) is 6.54 Å². The molecule has 1 saturated heterocycles. The maximum Gasteiger partial charge on any atom is 0.194 e. The Kier molecular flexibility index (Phi) is 5.41. The third-order valence-electron chi connectivity index (χ3n) is 3.26. The van der Waals surface area contributed by atoms with Crippen molar-refractivity contribution in [2.45, 2.75) is 6.92 Å². The highest BCUT2D eigenvalue weighted by Gasteiger charge is 2.19. The lowest BCUT2D eigenvalue weighted by molar-refractivity contribution is 0.372. The number of hydrogen-bond donors (Lipinski definition) is 1. The number of guanidine groups is 1. The number of aliphatic imine (C=N–C) groups is 1. The second-order valence-electron chi connectivity index (χ2n) is 4.65. The quantitative estimate of drug-likeness (QED) is 0.511. The number of rotatable bonds is 4. The summed E-state index contributed by atoms with van der Waals surface area (Å²) >= 11 is 0. The van der Waals surface area contributed by atoms with Crippen LogP contribution in [0, 0.1) is 0 Å². The molecule has 2 rings (SSSR count). The lowest BCUT2D eigenvalue weighted by Crippen LogP contribution is -2.52. The minimum absolute atomic E-state index is 0.656. The molecule has 0 radical (unpaired) electrons. The van der Waals surface area contributed by atoms with Crippen molar-refractivity contribution in [1.82, 2.24) is 15.2 Å². The second kappa shape index (κ2) is 7.53. The van der Waals surface area contributed by atoms with Crippen LogP contribution in [-0.2, 0) is 0 Å². The number of aromatic nitrogens is 1. The van der Waals surface area contributed by atoms with E-state index in [2.05, 4.69) is 44.7 Å². The van der Waals surface area contributed by atoms with Gasteiger partial charge < -0.3 is 15.1 Å². The summed E-state index contributed by atoms with van der Waals surface area (Å²) in [5.74, 6) is 2.04. The molecule has 0 amide bonds. The molecule has 1 aromatic heterocycles. The van der Waals surface area contributed by atoms with E-state index in [0.717, 1.165) is 44.5 Å². The molecule has 1 aliphatic rings. The van der Waals surface area contributed by atoms with Gasteiger partial charge in [-0.1, -0.05) is 12.1 Å². The van der Waals surface area contributed by atoms with Crippen LogP contribution in [0.5, 0.6) is 0 Å². The number of piperazine rings is 1. The van der Waals surface area contributed by atoms with E-state index in [4.69, 9.17) is 0 Å². The first-order valence-electron chi connectivity index (χ1n) is 7.15. The smallest absolute Gasteiger partial charge is 0.194 e. The molecule has 0 aromatic carbocycles. The zero-order chi connectivity index (χ0) is 14.2. The number of pyridine rings is 1. The normalized spacial score (nSPS) is 16.1. The highest BCUT2D eigenvalue weighted by Crippen LogP contribution is 2.12. The Morgan fingerprint density at radius 1 is 1.40 bits per heavy atom. The Morgan fingerprint density at radius 3 is 2.80 bits per heavy atom. The van der Waals surface area contributed by atoms with Gasteiger partial charge in [0.2, 0.25) is 0 Å². The molecule has 0 aliphatic carbocycles. The number of hydrogen-bond acceptors (Lipinski definition) is 3. The monoisotopic (exact) mass is 273 g/mol. The molecule has 108 valence electrons. The summed E-state index contributed by atoms with van der Waals surface area (Å²) in [5, 5.41) is 3.34. The van der Waals surface area contributed by atoms with Crippen molar-refractivity contribution < 1.29 is 0 Å². The van der Waals surface area contributed by atoms with Crippen LogP contribution in [-0.4, -0.2) is 55.1 Å². The Bertz CT molecular complexity index is 435. The van der Waals surface area contributed by atoms with Crippen molar-refractivity contribution in [3.63, 3.8) is 0 Å². The molecule has 0 unspecified atom stereocenters. The van der Waals surface area contributed by atoms with Gasteiger partial charge in [-0.05, 0) is 19.1 Å². The molecular weight excluding hydrogens is 250 g/mol. The molecule has 0 spiro atoms. The minimum atomic E-state index is 0.656.